The van der Waals surface area contributed by atoms with Crippen molar-refractivity contribution < 1.29 is 19.4 Å². The van der Waals surface area contributed by atoms with Gasteiger partial charge in [0, 0.05) is 18.5 Å². The third-order valence-electron chi connectivity index (χ3n) is 6.34. The molecule has 1 atom stereocenters. The SMILES string of the molecule is COc1cc2c(cc1OC)C(=O)C(O)(CC1CCN(Cc3ccccc3)CC1)C2. The molecule has 2 aromatic rings. The van der Waals surface area contributed by atoms with E-state index in [-0.39, 0.29) is 5.78 Å². The number of methoxy groups -OCH3 is 2. The minimum absolute atomic E-state index is 0.180. The summed E-state index contributed by atoms with van der Waals surface area (Å²) in [7, 11) is 3.13. The second kappa shape index (κ2) is 8.17. The molecule has 0 radical (unpaired) electrons. The summed E-state index contributed by atoms with van der Waals surface area (Å²) in [6, 6.07) is 14.0. The molecule has 0 bridgehead atoms. The van der Waals surface area contributed by atoms with Crippen LogP contribution in [0.25, 0.3) is 0 Å². The fourth-order valence-electron chi connectivity index (χ4n) is 4.76. The van der Waals surface area contributed by atoms with Crippen LogP contribution in [-0.2, 0) is 13.0 Å². The highest BCUT2D eigenvalue weighted by Crippen LogP contribution is 2.41. The Hall–Kier alpha value is -2.37. The molecule has 29 heavy (non-hydrogen) atoms. The van der Waals surface area contributed by atoms with E-state index in [1.165, 1.54) is 5.56 Å². The minimum atomic E-state index is -1.31. The molecule has 154 valence electrons. The van der Waals surface area contributed by atoms with Crippen molar-refractivity contribution in [1.82, 2.24) is 4.90 Å². The van der Waals surface area contributed by atoms with Gasteiger partial charge in [-0.15, -0.1) is 0 Å². The highest BCUT2D eigenvalue weighted by Gasteiger charge is 2.46. The van der Waals surface area contributed by atoms with E-state index in [0.29, 0.717) is 35.8 Å². The highest BCUT2D eigenvalue weighted by molar-refractivity contribution is 6.07. The summed E-state index contributed by atoms with van der Waals surface area (Å²) in [4.78, 5) is 15.5. The average molecular weight is 395 g/mol. The summed E-state index contributed by atoms with van der Waals surface area (Å²) in [5.74, 6) is 1.30. The van der Waals surface area contributed by atoms with Crippen molar-refractivity contribution in [2.75, 3.05) is 27.3 Å². The first-order valence-corrected chi connectivity index (χ1v) is 10.3. The molecule has 0 amide bonds. The zero-order valence-corrected chi connectivity index (χ0v) is 17.2. The van der Waals surface area contributed by atoms with E-state index < -0.39 is 5.60 Å². The average Bonchev–Trinajstić information content (AvgIpc) is 2.98. The Kier molecular flexibility index (Phi) is 5.61. The number of carbonyl (C=O) groups excluding carboxylic acids is 1. The molecule has 0 saturated carbocycles. The van der Waals surface area contributed by atoms with Gasteiger partial charge < -0.3 is 14.6 Å². The summed E-state index contributed by atoms with van der Waals surface area (Å²) in [5.41, 5.74) is 1.42. The number of fused-ring (bicyclic) bond motifs is 1. The monoisotopic (exact) mass is 395 g/mol. The molecule has 1 fully saturated rings. The molecule has 5 nitrogen and oxygen atoms in total. The highest BCUT2D eigenvalue weighted by atomic mass is 16.5. The van der Waals surface area contributed by atoms with Crippen molar-refractivity contribution in [3.63, 3.8) is 0 Å². The van der Waals surface area contributed by atoms with Crippen molar-refractivity contribution in [2.45, 2.75) is 37.8 Å². The Morgan fingerprint density at radius 1 is 1.07 bits per heavy atom. The van der Waals surface area contributed by atoms with Crippen LogP contribution in [-0.4, -0.2) is 48.7 Å². The van der Waals surface area contributed by atoms with E-state index in [2.05, 4.69) is 29.2 Å². The maximum absolute atomic E-state index is 13.0. The number of benzene rings is 2. The number of nitrogens with zero attached hydrogens (tertiary/aromatic N) is 1. The van der Waals surface area contributed by atoms with Gasteiger partial charge in [-0.2, -0.15) is 0 Å². The molecule has 4 rings (SSSR count). The molecular formula is C24H29NO4. The van der Waals surface area contributed by atoms with Gasteiger partial charge in [0.05, 0.1) is 14.2 Å². The molecule has 1 unspecified atom stereocenters. The quantitative estimate of drug-likeness (QED) is 0.812. The first kappa shape index (κ1) is 19.9. The van der Waals surface area contributed by atoms with Gasteiger partial charge in [-0.3, -0.25) is 9.69 Å². The number of hydrogen-bond acceptors (Lipinski definition) is 5. The van der Waals surface area contributed by atoms with E-state index in [9.17, 15) is 9.90 Å². The second-order valence-corrected chi connectivity index (χ2v) is 8.31. The van der Waals surface area contributed by atoms with E-state index in [4.69, 9.17) is 9.47 Å². The van der Waals surface area contributed by atoms with Crippen LogP contribution in [0.15, 0.2) is 42.5 Å². The number of hydrogen-bond donors (Lipinski definition) is 1. The molecule has 0 aromatic heterocycles. The number of carbonyl (C=O) groups is 1. The molecule has 1 heterocycles. The van der Waals surface area contributed by atoms with Crippen LogP contribution < -0.4 is 9.47 Å². The summed E-state index contributed by atoms with van der Waals surface area (Å²) >= 11 is 0. The van der Waals surface area contributed by atoms with Crippen LogP contribution in [0, 0.1) is 5.92 Å². The van der Waals surface area contributed by atoms with Crippen molar-refractivity contribution in [1.29, 1.82) is 0 Å². The Morgan fingerprint density at radius 3 is 2.38 bits per heavy atom. The normalized spacial score (nSPS) is 22.5. The summed E-state index contributed by atoms with van der Waals surface area (Å²) in [6.45, 7) is 2.96. The van der Waals surface area contributed by atoms with Crippen LogP contribution in [0.4, 0.5) is 0 Å². The third kappa shape index (κ3) is 4.02. The first-order valence-electron chi connectivity index (χ1n) is 10.3. The topological polar surface area (TPSA) is 59.0 Å². The third-order valence-corrected chi connectivity index (χ3v) is 6.34. The van der Waals surface area contributed by atoms with Crippen LogP contribution in [0.1, 0.15) is 40.7 Å². The number of Topliss-reactive ketones (excluding diaryl/α,β-unsaturated/α-hetero) is 1. The zero-order valence-electron chi connectivity index (χ0n) is 17.2. The van der Waals surface area contributed by atoms with Crippen LogP contribution in [0.2, 0.25) is 0 Å². The van der Waals surface area contributed by atoms with Crippen LogP contribution in [0.5, 0.6) is 11.5 Å². The maximum atomic E-state index is 13.0. The second-order valence-electron chi connectivity index (χ2n) is 8.31. The Bertz CT molecular complexity index is 874. The molecule has 5 heteroatoms. The smallest absolute Gasteiger partial charge is 0.195 e. The number of likely N-dealkylation sites (tertiary alicyclic amines) is 1. The van der Waals surface area contributed by atoms with Gasteiger partial charge in [-0.1, -0.05) is 30.3 Å². The van der Waals surface area contributed by atoms with Gasteiger partial charge >= 0.3 is 0 Å². The van der Waals surface area contributed by atoms with Crippen LogP contribution >= 0.6 is 0 Å². The van der Waals surface area contributed by atoms with Gasteiger partial charge in [0.2, 0.25) is 0 Å². The Morgan fingerprint density at radius 2 is 1.72 bits per heavy atom. The largest absolute Gasteiger partial charge is 0.493 e. The lowest BCUT2D eigenvalue weighted by Gasteiger charge is -2.35. The molecule has 1 aliphatic heterocycles. The predicted molar refractivity (Wildman–Crippen MR) is 112 cm³/mol. The van der Waals surface area contributed by atoms with Gasteiger partial charge in [0.1, 0.15) is 5.60 Å². The molecule has 1 N–H and O–H groups in total. The molecule has 1 aliphatic carbocycles. The fraction of sp³-hybridized carbons (Fsp3) is 0.458. The summed E-state index contributed by atoms with van der Waals surface area (Å²) in [6.07, 6.45) is 2.88. The van der Waals surface area contributed by atoms with Crippen LogP contribution in [0.3, 0.4) is 0 Å². The fourth-order valence-corrected chi connectivity index (χ4v) is 4.76. The van der Waals surface area contributed by atoms with Gasteiger partial charge in [0.15, 0.2) is 17.3 Å². The standard InChI is InChI=1S/C24H29NO4/c1-28-21-12-19-15-24(27,23(26)20(19)13-22(21)29-2)14-17-8-10-25(11-9-17)16-18-6-4-3-5-7-18/h3-7,12-13,17,27H,8-11,14-16H2,1-2H3. The number of ether oxygens (including phenoxy) is 2. The van der Waals surface area contributed by atoms with Gasteiger partial charge in [-0.05, 0) is 61.5 Å². The Labute approximate surface area is 172 Å². The molecule has 1 saturated heterocycles. The number of ketones is 1. The number of rotatable bonds is 6. The summed E-state index contributed by atoms with van der Waals surface area (Å²) < 4.78 is 10.7. The van der Waals surface area contributed by atoms with Crippen molar-refractivity contribution in [2.24, 2.45) is 5.92 Å². The van der Waals surface area contributed by atoms with E-state index >= 15 is 0 Å². The summed E-state index contributed by atoms with van der Waals surface area (Å²) in [5, 5.41) is 11.2. The number of aliphatic hydroxyl groups is 1. The lowest BCUT2D eigenvalue weighted by molar-refractivity contribution is 0.0165. The zero-order chi connectivity index (χ0) is 20.4. The molecule has 2 aromatic carbocycles. The Balaban J connectivity index is 1.39. The first-order chi connectivity index (χ1) is 14.0. The van der Waals surface area contributed by atoms with Gasteiger partial charge in [-0.25, -0.2) is 0 Å². The molecular weight excluding hydrogens is 366 g/mol. The lowest BCUT2D eigenvalue weighted by atomic mass is 9.82. The minimum Gasteiger partial charge on any atom is -0.493 e. The molecule has 0 spiro atoms. The number of piperidine rings is 1. The van der Waals surface area contributed by atoms with E-state index in [1.54, 1.807) is 20.3 Å². The van der Waals surface area contributed by atoms with Crippen molar-refractivity contribution in [3.05, 3.63) is 59.2 Å². The molecule has 2 aliphatic rings. The lowest BCUT2D eigenvalue weighted by Crippen LogP contribution is -2.41. The van der Waals surface area contributed by atoms with E-state index in [0.717, 1.165) is 38.0 Å². The van der Waals surface area contributed by atoms with Gasteiger partial charge in [0.25, 0.3) is 0 Å². The maximum Gasteiger partial charge on any atom is 0.195 e. The van der Waals surface area contributed by atoms with Crippen molar-refractivity contribution in [3.8, 4) is 11.5 Å². The van der Waals surface area contributed by atoms with E-state index in [1.807, 2.05) is 12.1 Å². The van der Waals surface area contributed by atoms with Crippen molar-refractivity contribution >= 4 is 5.78 Å². The predicted octanol–water partition coefficient (Wildman–Crippen LogP) is 3.48.